The van der Waals surface area contributed by atoms with Gasteiger partial charge in [0, 0.05) is 29.4 Å². The molecule has 184 valence electrons. The van der Waals surface area contributed by atoms with Crippen LogP contribution >= 0.6 is 0 Å². The van der Waals surface area contributed by atoms with E-state index < -0.39 is 0 Å². The molecule has 35 heavy (non-hydrogen) atoms. The molecule has 8 heteroatoms. The summed E-state index contributed by atoms with van der Waals surface area (Å²) in [4.78, 5) is 4.81. The van der Waals surface area contributed by atoms with Crippen LogP contribution in [0.4, 0.5) is 5.82 Å². The molecule has 8 nitrogen and oxygen atoms in total. The number of hydrogen-bond donors (Lipinski definition) is 1. The number of aromatic nitrogens is 3. The molecule has 0 atom stereocenters. The van der Waals surface area contributed by atoms with Gasteiger partial charge in [0.1, 0.15) is 5.82 Å². The van der Waals surface area contributed by atoms with Crippen molar-refractivity contribution in [3.05, 3.63) is 59.3 Å². The third-order valence-corrected chi connectivity index (χ3v) is 6.09. The van der Waals surface area contributed by atoms with Crippen LogP contribution < -0.4 is 24.3 Å². The summed E-state index contributed by atoms with van der Waals surface area (Å²) in [6.07, 6.45) is 1.66. The van der Waals surface area contributed by atoms with Crippen molar-refractivity contribution in [3.8, 4) is 34.3 Å². The number of fused-ring (bicyclic) bond motifs is 1. The lowest BCUT2D eigenvalue weighted by Crippen LogP contribution is -2.13. The molecule has 0 amide bonds. The molecule has 0 radical (unpaired) electrons. The minimum Gasteiger partial charge on any atom is -0.493 e. The van der Waals surface area contributed by atoms with Gasteiger partial charge in [0.2, 0.25) is 0 Å². The van der Waals surface area contributed by atoms with Crippen molar-refractivity contribution in [3.63, 3.8) is 0 Å². The first-order chi connectivity index (χ1) is 17.0. The molecule has 0 fully saturated rings. The third-order valence-electron chi connectivity index (χ3n) is 6.09. The van der Waals surface area contributed by atoms with Crippen LogP contribution in [0.25, 0.3) is 16.9 Å². The molecule has 4 rings (SSSR count). The maximum atomic E-state index is 5.47. The highest BCUT2D eigenvalue weighted by molar-refractivity contribution is 5.69. The fourth-order valence-corrected chi connectivity index (χ4v) is 4.26. The molecular weight excluding hydrogens is 444 g/mol. The summed E-state index contributed by atoms with van der Waals surface area (Å²) in [5.74, 6) is 3.76. The number of nitrogens with zero attached hydrogens (tertiary/aromatic N) is 3. The average molecular weight is 477 g/mol. The number of nitrogens with one attached hydrogen (secondary N) is 1. The predicted octanol–water partition coefficient (Wildman–Crippen LogP) is 4.96. The van der Waals surface area contributed by atoms with Crippen LogP contribution in [0.1, 0.15) is 23.7 Å². The van der Waals surface area contributed by atoms with E-state index in [9.17, 15) is 0 Å². The summed E-state index contributed by atoms with van der Waals surface area (Å²) < 4.78 is 23.5. The first kappa shape index (κ1) is 24.2. The number of methoxy groups -OCH3 is 4. The Kier molecular flexibility index (Phi) is 7.29. The van der Waals surface area contributed by atoms with E-state index in [0.717, 1.165) is 70.4 Å². The molecule has 0 aliphatic carbocycles. The SMILES string of the molecule is CCc1c(C)nc2cc(-c3ccc(OC)c(OC)c3)nn2c1NCCc1ccc(OC)c(OC)c1. The smallest absolute Gasteiger partial charge is 0.161 e. The van der Waals surface area contributed by atoms with Crippen LogP contribution in [-0.4, -0.2) is 49.6 Å². The van der Waals surface area contributed by atoms with Crippen LogP contribution in [0.5, 0.6) is 23.0 Å². The highest BCUT2D eigenvalue weighted by Gasteiger charge is 2.16. The number of rotatable bonds is 10. The molecule has 0 spiro atoms. The molecule has 0 aliphatic rings. The van der Waals surface area contributed by atoms with E-state index in [4.69, 9.17) is 29.0 Å². The number of benzene rings is 2. The van der Waals surface area contributed by atoms with Gasteiger partial charge in [-0.05, 0) is 55.7 Å². The van der Waals surface area contributed by atoms with Gasteiger partial charge in [0.15, 0.2) is 28.6 Å². The zero-order valence-corrected chi connectivity index (χ0v) is 21.1. The molecule has 0 saturated heterocycles. The van der Waals surface area contributed by atoms with E-state index in [1.165, 1.54) is 0 Å². The normalized spacial score (nSPS) is 10.9. The van der Waals surface area contributed by atoms with Crippen LogP contribution in [0, 0.1) is 6.92 Å². The molecule has 2 aromatic carbocycles. The van der Waals surface area contributed by atoms with Crippen molar-refractivity contribution in [2.75, 3.05) is 40.3 Å². The maximum absolute atomic E-state index is 5.47. The van der Waals surface area contributed by atoms with E-state index >= 15 is 0 Å². The first-order valence-electron chi connectivity index (χ1n) is 11.6. The fraction of sp³-hybridized carbons (Fsp3) is 0.333. The van der Waals surface area contributed by atoms with Gasteiger partial charge in [-0.3, -0.25) is 0 Å². The number of ether oxygens (including phenoxy) is 4. The Morgan fingerprint density at radius 3 is 2.14 bits per heavy atom. The van der Waals surface area contributed by atoms with Crippen LogP contribution in [-0.2, 0) is 12.8 Å². The van der Waals surface area contributed by atoms with Gasteiger partial charge in [-0.25, -0.2) is 4.98 Å². The van der Waals surface area contributed by atoms with Gasteiger partial charge >= 0.3 is 0 Å². The lowest BCUT2D eigenvalue weighted by Gasteiger charge is -2.15. The van der Waals surface area contributed by atoms with Gasteiger partial charge < -0.3 is 24.3 Å². The van der Waals surface area contributed by atoms with E-state index in [1.807, 2.05) is 47.8 Å². The second-order valence-corrected chi connectivity index (χ2v) is 8.11. The standard InChI is InChI=1S/C27H32N4O4/c1-7-20-17(2)29-26-16-21(19-9-11-23(33-4)25(15-19)35-6)30-31(26)27(20)28-13-12-18-8-10-22(32-3)24(14-18)34-5/h8-11,14-16,28H,7,12-13H2,1-6H3. The fourth-order valence-electron chi connectivity index (χ4n) is 4.26. The summed E-state index contributed by atoms with van der Waals surface area (Å²) >= 11 is 0. The monoisotopic (exact) mass is 476 g/mol. The number of anilines is 1. The Labute approximate surface area is 205 Å². The highest BCUT2D eigenvalue weighted by atomic mass is 16.5. The quantitative estimate of drug-likeness (QED) is 0.347. The molecule has 1 N–H and O–H groups in total. The molecule has 0 saturated carbocycles. The van der Waals surface area contributed by atoms with E-state index in [-0.39, 0.29) is 0 Å². The van der Waals surface area contributed by atoms with Crippen LogP contribution in [0.15, 0.2) is 42.5 Å². The van der Waals surface area contributed by atoms with Gasteiger partial charge in [0.05, 0.1) is 34.1 Å². The Bertz CT molecular complexity index is 1330. The molecule has 2 aromatic heterocycles. The van der Waals surface area contributed by atoms with Crippen LogP contribution in [0.3, 0.4) is 0 Å². The molecule has 0 unspecified atom stereocenters. The molecule has 0 aliphatic heterocycles. The molecular formula is C27H32N4O4. The first-order valence-corrected chi connectivity index (χ1v) is 11.6. The third kappa shape index (κ3) is 4.82. The van der Waals surface area contributed by atoms with E-state index in [2.05, 4.69) is 18.3 Å². The zero-order valence-electron chi connectivity index (χ0n) is 21.1. The Morgan fingerprint density at radius 2 is 1.49 bits per heavy atom. The van der Waals surface area contributed by atoms with Gasteiger partial charge in [0.25, 0.3) is 0 Å². The van der Waals surface area contributed by atoms with E-state index in [0.29, 0.717) is 11.5 Å². The van der Waals surface area contributed by atoms with Crippen molar-refractivity contribution >= 4 is 11.5 Å². The largest absolute Gasteiger partial charge is 0.493 e. The maximum Gasteiger partial charge on any atom is 0.161 e. The topological polar surface area (TPSA) is 79.1 Å². The van der Waals surface area contributed by atoms with Crippen molar-refractivity contribution in [2.45, 2.75) is 26.7 Å². The lowest BCUT2D eigenvalue weighted by atomic mass is 10.1. The average Bonchev–Trinajstić information content (AvgIpc) is 3.31. The Balaban J connectivity index is 1.65. The summed E-state index contributed by atoms with van der Waals surface area (Å²) in [6, 6.07) is 13.8. The Morgan fingerprint density at radius 1 is 0.829 bits per heavy atom. The summed E-state index contributed by atoms with van der Waals surface area (Å²) in [5, 5.41) is 8.51. The van der Waals surface area contributed by atoms with E-state index in [1.54, 1.807) is 28.4 Å². The van der Waals surface area contributed by atoms with Gasteiger partial charge in [-0.1, -0.05) is 13.0 Å². The molecule has 4 aromatic rings. The minimum absolute atomic E-state index is 0.661. The van der Waals surface area contributed by atoms with Crippen LogP contribution in [0.2, 0.25) is 0 Å². The number of hydrogen-bond acceptors (Lipinski definition) is 7. The molecule has 0 bridgehead atoms. The second-order valence-electron chi connectivity index (χ2n) is 8.11. The van der Waals surface area contributed by atoms with Crippen molar-refractivity contribution in [1.82, 2.24) is 14.6 Å². The minimum atomic E-state index is 0.661. The van der Waals surface area contributed by atoms with Crippen molar-refractivity contribution < 1.29 is 18.9 Å². The zero-order chi connectivity index (χ0) is 24.9. The number of aryl methyl sites for hydroxylation is 1. The molecule has 2 heterocycles. The Hall–Kier alpha value is -3.94. The lowest BCUT2D eigenvalue weighted by molar-refractivity contribution is 0.354. The second kappa shape index (κ2) is 10.5. The summed E-state index contributed by atoms with van der Waals surface area (Å²) in [6.45, 7) is 4.90. The van der Waals surface area contributed by atoms with Crippen molar-refractivity contribution in [1.29, 1.82) is 0 Å². The van der Waals surface area contributed by atoms with Crippen molar-refractivity contribution in [2.24, 2.45) is 0 Å². The van der Waals surface area contributed by atoms with Gasteiger partial charge in [-0.2, -0.15) is 9.61 Å². The predicted molar refractivity (Wildman–Crippen MR) is 137 cm³/mol. The summed E-state index contributed by atoms with van der Waals surface area (Å²) in [5.41, 5.74) is 5.83. The highest BCUT2D eigenvalue weighted by Crippen LogP contribution is 2.33. The van der Waals surface area contributed by atoms with Gasteiger partial charge in [-0.15, -0.1) is 0 Å². The summed E-state index contributed by atoms with van der Waals surface area (Å²) in [7, 11) is 6.55.